The molecule has 0 aliphatic carbocycles. The molecule has 5 nitrogen and oxygen atoms in total. The first-order valence-corrected chi connectivity index (χ1v) is 7.93. The van der Waals surface area contributed by atoms with E-state index >= 15 is 0 Å². The summed E-state index contributed by atoms with van der Waals surface area (Å²) in [5, 5.41) is 12.0. The number of nitriles is 1. The predicted molar refractivity (Wildman–Crippen MR) is 87.8 cm³/mol. The number of benzene rings is 1. The first kappa shape index (κ1) is 16.7. The maximum Gasteiger partial charge on any atom is 0.348 e. The molecule has 0 atom stereocenters. The van der Waals surface area contributed by atoms with Gasteiger partial charge in [0.2, 0.25) is 0 Å². The Morgan fingerprint density at radius 1 is 1.39 bits per heavy atom. The first-order chi connectivity index (χ1) is 11.1. The molecule has 0 aliphatic rings. The molecule has 1 aromatic heterocycles. The number of nitrogens with zero attached hydrogens (tertiary/aromatic N) is 2. The number of ether oxygens (including phenoxy) is 2. The highest BCUT2D eigenvalue weighted by atomic mass is 32.1. The number of aryl methyl sites for hydroxylation is 1. The monoisotopic (exact) mass is 328 g/mol. The smallest absolute Gasteiger partial charge is 0.348 e. The third-order valence-corrected chi connectivity index (χ3v) is 3.68. The van der Waals surface area contributed by atoms with Crippen LogP contribution in [0.25, 0.3) is 6.08 Å². The van der Waals surface area contributed by atoms with Crippen LogP contribution in [0.4, 0.5) is 0 Å². The van der Waals surface area contributed by atoms with Crippen molar-refractivity contribution in [2.24, 2.45) is 0 Å². The van der Waals surface area contributed by atoms with E-state index in [-0.39, 0.29) is 12.2 Å². The predicted octanol–water partition coefficient (Wildman–Crippen LogP) is 3.50. The van der Waals surface area contributed by atoms with Gasteiger partial charge in [0.05, 0.1) is 17.3 Å². The molecule has 0 N–H and O–H groups in total. The molecule has 0 saturated carbocycles. The maximum atomic E-state index is 11.6. The summed E-state index contributed by atoms with van der Waals surface area (Å²) in [4.78, 5) is 15.9. The minimum Gasteiger partial charge on any atom is -0.487 e. The SMILES string of the molecule is CCOC(=O)/C(C#N)=C/c1ccc(OCc2csc(C)n2)cc1. The van der Waals surface area contributed by atoms with Crippen molar-refractivity contribution >= 4 is 23.4 Å². The van der Waals surface area contributed by atoms with Gasteiger partial charge in [0.1, 0.15) is 24.0 Å². The van der Waals surface area contributed by atoms with Crippen LogP contribution < -0.4 is 4.74 Å². The second kappa shape index (κ2) is 8.11. The number of hydrogen-bond donors (Lipinski definition) is 0. The van der Waals surface area contributed by atoms with E-state index in [9.17, 15) is 4.79 Å². The van der Waals surface area contributed by atoms with Gasteiger partial charge in [-0.05, 0) is 37.6 Å². The Morgan fingerprint density at radius 3 is 2.70 bits per heavy atom. The lowest BCUT2D eigenvalue weighted by Gasteiger charge is -2.05. The van der Waals surface area contributed by atoms with Gasteiger partial charge in [0, 0.05) is 5.38 Å². The Labute approximate surface area is 138 Å². The summed E-state index contributed by atoms with van der Waals surface area (Å²) >= 11 is 1.58. The molecule has 0 radical (unpaired) electrons. The van der Waals surface area contributed by atoms with Gasteiger partial charge < -0.3 is 9.47 Å². The molecule has 0 bridgehead atoms. The van der Waals surface area contributed by atoms with Crippen LogP contribution in [-0.2, 0) is 16.1 Å². The van der Waals surface area contributed by atoms with Gasteiger partial charge in [-0.25, -0.2) is 9.78 Å². The lowest BCUT2D eigenvalue weighted by Crippen LogP contribution is -2.05. The Bertz CT molecular complexity index is 742. The third kappa shape index (κ3) is 4.94. The number of rotatable bonds is 6. The molecule has 0 aliphatic heterocycles. The Kier molecular flexibility index (Phi) is 5.89. The van der Waals surface area contributed by atoms with E-state index in [2.05, 4.69) is 4.98 Å². The first-order valence-electron chi connectivity index (χ1n) is 7.05. The fourth-order valence-electron chi connectivity index (χ4n) is 1.80. The van der Waals surface area contributed by atoms with Gasteiger partial charge >= 0.3 is 5.97 Å². The van der Waals surface area contributed by atoms with E-state index in [1.165, 1.54) is 6.08 Å². The summed E-state index contributed by atoms with van der Waals surface area (Å²) < 4.78 is 10.5. The van der Waals surface area contributed by atoms with E-state index in [1.807, 2.05) is 18.4 Å². The van der Waals surface area contributed by atoms with Crippen LogP contribution in [0.2, 0.25) is 0 Å². The summed E-state index contributed by atoms with van der Waals surface area (Å²) in [6.45, 7) is 4.29. The van der Waals surface area contributed by atoms with Crippen LogP contribution in [0.1, 0.15) is 23.2 Å². The highest BCUT2D eigenvalue weighted by Crippen LogP contribution is 2.17. The molecular weight excluding hydrogens is 312 g/mol. The van der Waals surface area contributed by atoms with Crippen molar-refractivity contribution in [3.63, 3.8) is 0 Å². The van der Waals surface area contributed by atoms with Crippen molar-refractivity contribution in [3.05, 3.63) is 51.5 Å². The zero-order valence-electron chi connectivity index (χ0n) is 12.9. The summed E-state index contributed by atoms with van der Waals surface area (Å²) in [5.41, 5.74) is 1.59. The lowest BCUT2D eigenvalue weighted by atomic mass is 10.1. The minimum absolute atomic E-state index is 0.0292. The third-order valence-electron chi connectivity index (χ3n) is 2.86. The molecule has 23 heavy (non-hydrogen) atoms. The van der Waals surface area contributed by atoms with E-state index in [0.717, 1.165) is 16.3 Å². The Hall–Kier alpha value is -2.65. The minimum atomic E-state index is -0.616. The number of esters is 1. The fraction of sp³-hybridized carbons (Fsp3) is 0.235. The van der Waals surface area contributed by atoms with Gasteiger partial charge in [-0.2, -0.15) is 5.26 Å². The molecule has 0 spiro atoms. The van der Waals surface area contributed by atoms with Crippen LogP contribution >= 0.6 is 11.3 Å². The Balaban J connectivity index is 2.01. The molecule has 1 heterocycles. The van der Waals surface area contributed by atoms with E-state index < -0.39 is 5.97 Å². The highest BCUT2D eigenvalue weighted by Gasteiger charge is 2.09. The fourth-order valence-corrected chi connectivity index (χ4v) is 2.40. The molecule has 2 aromatic rings. The molecule has 0 fully saturated rings. The van der Waals surface area contributed by atoms with Gasteiger partial charge in [-0.1, -0.05) is 12.1 Å². The zero-order chi connectivity index (χ0) is 16.7. The number of hydrogen-bond acceptors (Lipinski definition) is 6. The Morgan fingerprint density at radius 2 is 2.13 bits per heavy atom. The van der Waals surface area contributed by atoms with Gasteiger partial charge in [-0.15, -0.1) is 11.3 Å². The summed E-state index contributed by atoms with van der Waals surface area (Å²) in [5.74, 6) is 0.0803. The van der Waals surface area contributed by atoms with Gasteiger partial charge in [0.25, 0.3) is 0 Å². The van der Waals surface area contributed by atoms with Crippen molar-refractivity contribution in [3.8, 4) is 11.8 Å². The van der Waals surface area contributed by atoms with Crippen LogP contribution in [-0.4, -0.2) is 17.6 Å². The van der Waals surface area contributed by atoms with Gasteiger partial charge in [0.15, 0.2) is 0 Å². The zero-order valence-corrected chi connectivity index (χ0v) is 13.7. The van der Waals surface area contributed by atoms with Crippen molar-refractivity contribution in [2.75, 3.05) is 6.61 Å². The number of aromatic nitrogens is 1. The van der Waals surface area contributed by atoms with Crippen molar-refractivity contribution in [2.45, 2.75) is 20.5 Å². The number of carbonyl (C=O) groups excluding carboxylic acids is 1. The van der Waals surface area contributed by atoms with E-state index in [1.54, 1.807) is 42.5 Å². The standard InChI is InChI=1S/C17H16N2O3S/c1-3-21-17(20)14(9-18)8-13-4-6-16(7-5-13)22-10-15-11-23-12(2)19-15/h4-8,11H,3,10H2,1-2H3/b14-8+. The van der Waals surface area contributed by atoms with Crippen LogP contribution in [0, 0.1) is 18.3 Å². The average molecular weight is 328 g/mol. The maximum absolute atomic E-state index is 11.6. The molecule has 0 saturated heterocycles. The summed E-state index contributed by atoms with van der Waals surface area (Å²) in [7, 11) is 0. The van der Waals surface area contributed by atoms with Crippen LogP contribution in [0.3, 0.4) is 0 Å². The molecular formula is C17H16N2O3S. The quantitative estimate of drug-likeness (QED) is 0.461. The molecule has 2 rings (SSSR count). The van der Waals surface area contributed by atoms with Gasteiger partial charge in [-0.3, -0.25) is 0 Å². The van der Waals surface area contributed by atoms with E-state index in [0.29, 0.717) is 12.4 Å². The average Bonchev–Trinajstić information content (AvgIpc) is 2.97. The van der Waals surface area contributed by atoms with E-state index in [4.69, 9.17) is 14.7 Å². The second-order valence-corrected chi connectivity index (χ2v) is 5.67. The second-order valence-electron chi connectivity index (χ2n) is 4.61. The lowest BCUT2D eigenvalue weighted by molar-refractivity contribution is -0.137. The molecule has 6 heteroatoms. The number of carbonyl (C=O) groups is 1. The normalized spacial score (nSPS) is 10.9. The molecule has 1 aromatic carbocycles. The molecule has 118 valence electrons. The van der Waals surface area contributed by atoms with Crippen molar-refractivity contribution in [1.29, 1.82) is 5.26 Å². The summed E-state index contributed by atoms with van der Waals surface area (Å²) in [6.07, 6.45) is 1.49. The van der Waals surface area contributed by atoms with Crippen molar-refractivity contribution < 1.29 is 14.3 Å². The van der Waals surface area contributed by atoms with Crippen LogP contribution in [0.15, 0.2) is 35.2 Å². The largest absolute Gasteiger partial charge is 0.487 e. The molecule has 0 unspecified atom stereocenters. The van der Waals surface area contributed by atoms with Crippen molar-refractivity contribution in [1.82, 2.24) is 4.98 Å². The highest BCUT2D eigenvalue weighted by molar-refractivity contribution is 7.09. The summed E-state index contributed by atoms with van der Waals surface area (Å²) in [6, 6.07) is 8.96. The van der Waals surface area contributed by atoms with Crippen LogP contribution in [0.5, 0.6) is 5.75 Å². The topological polar surface area (TPSA) is 72.2 Å². The number of thiazole rings is 1. The molecule has 0 amide bonds.